The van der Waals surface area contributed by atoms with Crippen LogP contribution >= 0.6 is 11.3 Å². The van der Waals surface area contributed by atoms with Crippen LogP contribution in [0.2, 0.25) is 0 Å². The predicted octanol–water partition coefficient (Wildman–Crippen LogP) is 4.78. The number of thiophene rings is 1. The Labute approximate surface area is 132 Å². The molecule has 0 bridgehead atoms. The number of fused-ring (bicyclic) bond motifs is 1. The SMILES string of the molecule is CCNC(Cc1cccs1)CC1CCCc2ccccc21. The van der Waals surface area contributed by atoms with Crippen LogP contribution < -0.4 is 5.32 Å². The molecule has 0 fully saturated rings. The minimum atomic E-state index is 0.602. The van der Waals surface area contributed by atoms with E-state index >= 15 is 0 Å². The van der Waals surface area contributed by atoms with E-state index < -0.39 is 0 Å². The van der Waals surface area contributed by atoms with Crippen molar-refractivity contribution in [1.82, 2.24) is 5.32 Å². The van der Waals surface area contributed by atoms with Gasteiger partial charge in [0.05, 0.1) is 0 Å². The summed E-state index contributed by atoms with van der Waals surface area (Å²) in [5, 5.41) is 5.89. The van der Waals surface area contributed by atoms with E-state index in [1.54, 1.807) is 11.1 Å². The first kappa shape index (κ1) is 14.8. The van der Waals surface area contributed by atoms with Crippen molar-refractivity contribution < 1.29 is 0 Å². The molecule has 21 heavy (non-hydrogen) atoms. The van der Waals surface area contributed by atoms with Gasteiger partial charge in [0.2, 0.25) is 0 Å². The summed E-state index contributed by atoms with van der Waals surface area (Å²) in [5.74, 6) is 0.735. The Hall–Kier alpha value is -1.12. The number of aryl methyl sites for hydroxylation is 1. The summed E-state index contributed by atoms with van der Waals surface area (Å²) in [4.78, 5) is 1.50. The van der Waals surface area contributed by atoms with Crippen molar-refractivity contribution in [3.05, 3.63) is 57.8 Å². The normalized spacial score (nSPS) is 19.2. The fourth-order valence-corrected chi connectivity index (χ4v) is 4.43. The first-order valence-electron chi connectivity index (χ1n) is 8.20. The smallest absolute Gasteiger partial charge is 0.0121 e. The van der Waals surface area contributed by atoms with Gasteiger partial charge >= 0.3 is 0 Å². The minimum Gasteiger partial charge on any atom is -0.314 e. The molecule has 3 rings (SSSR count). The van der Waals surface area contributed by atoms with E-state index in [0.717, 1.165) is 12.5 Å². The van der Waals surface area contributed by atoms with Crippen LogP contribution in [0.25, 0.3) is 0 Å². The van der Waals surface area contributed by atoms with Crippen molar-refractivity contribution in [3.8, 4) is 0 Å². The second-order valence-corrected chi connectivity index (χ2v) is 7.09. The maximum Gasteiger partial charge on any atom is 0.0121 e. The molecule has 1 aromatic carbocycles. The van der Waals surface area contributed by atoms with E-state index in [-0.39, 0.29) is 0 Å². The van der Waals surface area contributed by atoms with Crippen LogP contribution in [0.15, 0.2) is 41.8 Å². The van der Waals surface area contributed by atoms with E-state index in [1.165, 1.54) is 37.0 Å². The zero-order valence-electron chi connectivity index (χ0n) is 12.8. The Kier molecular flexibility index (Phi) is 5.10. The Bertz CT molecular complexity index is 546. The minimum absolute atomic E-state index is 0.602. The Morgan fingerprint density at radius 1 is 1.24 bits per heavy atom. The summed E-state index contributed by atoms with van der Waals surface area (Å²) >= 11 is 1.88. The summed E-state index contributed by atoms with van der Waals surface area (Å²) in [6.45, 7) is 3.28. The van der Waals surface area contributed by atoms with Crippen molar-refractivity contribution in [3.63, 3.8) is 0 Å². The molecule has 1 nitrogen and oxygen atoms in total. The average molecular weight is 299 g/mol. The van der Waals surface area contributed by atoms with Gasteiger partial charge in [-0.2, -0.15) is 0 Å². The third-order valence-electron chi connectivity index (χ3n) is 4.58. The van der Waals surface area contributed by atoms with Crippen LogP contribution in [0.5, 0.6) is 0 Å². The average Bonchev–Trinajstić information content (AvgIpc) is 3.01. The van der Waals surface area contributed by atoms with Crippen LogP contribution in [-0.4, -0.2) is 12.6 Å². The lowest BCUT2D eigenvalue weighted by Crippen LogP contribution is -2.33. The zero-order chi connectivity index (χ0) is 14.5. The summed E-state index contributed by atoms with van der Waals surface area (Å²) in [6.07, 6.45) is 6.40. The van der Waals surface area contributed by atoms with Gasteiger partial charge in [0, 0.05) is 10.9 Å². The number of hydrogen-bond acceptors (Lipinski definition) is 2. The quantitative estimate of drug-likeness (QED) is 0.809. The van der Waals surface area contributed by atoms with Crippen LogP contribution in [0.3, 0.4) is 0 Å². The lowest BCUT2D eigenvalue weighted by Gasteiger charge is -2.29. The predicted molar refractivity (Wildman–Crippen MR) is 92.2 cm³/mol. The van der Waals surface area contributed by atoms with E-state index in [9.17, 15) is 0 Å². The highest BCUT2D eigenvalue weighted by Gasteiger charge is 2.23. The first-order valence-corrected chi connectivity index (χ1v) is 9.08. The highest BCUT2D eigenvalue weighted by atomic mass is 32.1. The van der Waals surface area contributed by atoms with E-state index in [2.05, 4.69) is 54.0 Å². The summed E-state index contributed by atoms with van der Waals surface area (Å²) in [7, 11) is 0. The molecule has 0 spiro atoms. The number of hydrogen-bond donors (Lipinski definition) is 1. The summed E-state index contributed by atoms with van der Waals surface area (Å²) in [6, 6.07) is 14.1. The maximum atomic E-state index is 3.71. The molecule has 1 N–H and O–H groups in total. The Morgan fingerprint density at radius 3 is 2.95 bits per heavy atom. The molecule has 2 atom stereocenters. The highest BCUT2D eigenvalue weighted by molar-refractivity contribution is 7.09. The molecule has 2 unspecified atom stereocenters. The van der Waals surface area contributed by atoms with Gasteiger partial charge in [0.15, 0.2) is 0 Å². The van der Waals surface area contributed by atoms with Gasteiger partial charge in [0.1, 0.15) is 0 Å². The van der Waals surface area contributed by atoms with Crippen LogP contribution in [0.1, 0.15) is 48.1 Å². The molecule has 2 aromatic rings. The topological polar surface area (TPSA) is 12.0 Å². The Morgan fingerprint density at radius 2 is 2.14 bits per heavy atom. The fourth-order valence-electron chi connectivity index (χ4n) is 3.64. The third-order valence-corrected chi connectivity index (χ3v) is 5.48. The Balaban J connectivity index is 1.71. The van der Waals surface area contributed by atoms with Crippen molar-refractivity contribution in [1.29, 1.82) is 0 Å². The molecule has 0 amide bonds. The van der Waals surface area contributed by atoms with Crippen molar-refractivity contribution >= 4 is 11.3 Å². The van der Waals surface area contributed by atoms with Crippen molar-refractivity contribution in [2.75, 3.05) is 6.54 Å². The van der Waals surface area contributed by atoms with Crippen molar-refractivity contribution in [2.24, 2.45) is 0 Å². The molecule has 1 heterocycles. The summed E-state index contributed by atoms with van der Waals surface area (Å²) < 4.78 is 0. The second kappa shape index (κ2) is 7.24. The molecular weight excluding hydrogens is 274 g/mol. The van der Waals surface area contributed by atoms with Gasteiger partial charge in [0.25, 0.3) is 0 Å². The molecule has 0 radical (unpaired) electrons. The molecule has 0 saturated carbocycles. The van der Waals surface area contributed by atoms with Crippen LogP contribution in [0.4, 0.5) is 0 Å². The van der Waals surface area contributed by atoms with Gasteiger partial charge in [-0.05, 0) is 67.1 Å². The molecule has 1 aliphatic carbocycles. The molecule has 112 valence electrons. The number of likely N-dealkylation sites (N-methyl/N-ethyl adjacent to an activating group) is 1. The van der Waals surface area contributed by atoms with Crippen molar-refractivity contribution in [2.45, 2.75) is 51.0 Å². The molecular formula is C19H25NS. The number of nitrogens with one attached hydrogen (secondary N) is 1. The molecule has 1 aromatic heterocycles. The largest absolute Gasteiger partial charge is 0.314 e. The van der Waals surface area contributed by atoms with Gasteiger partial charge in [-0.1, -0.05) is 37.3 Å². The summed E-state index contributed by atoms with van der Waals surface area (Å²) in [5.41, 5.74) is 3.19. The standard InChI is InChI=1S/C19H25NS/c1-2-20-17(14-18-10-6-12-21-18)13-16-9-5-8-15-7-3-4-11-19(15)16/h3-4,6-7,10-12,16-17,20H,2,5,8-9,13-14H2,1H3. The van der Waals surface area contributed by atoms with E-state index in [4.69, 9.17) is 0 Å². The molecule has 0 aliphatic heterocycles. The van der Waals surface area contributed by atoms with Crippen LogP contribution in [-0.2, 0) is 12.8 Å². The van der Waals surface area contributed by atoms with E-state index in [1.807, 2.05) is 11.3 Å². The zero-order valence-corrected chi connectivity index (χ0v) is 13.7. The monoisotopic (exact) mass is 299 g/mol. The molecule has 2 heteroatoms. The molecule has 1 aliphatic rings. The fraction of sp³-hybridized carbons (Fsp3) is 0.474. The van der Waals surface area contributed by atoms with Gasteiger partial charge in [-0.3, -0.25) is 0 Å². The van der Waals surface area contributed by atoms with Gasteiger partial charge in [-0.25, -0.2) is 0 Å². The van der Waals surface area contributed by atoms with E-state index in [0.29, 0.717) is 6.04 Å². The van der Waals surface area contributed by atoms with Gasteiger partial charge in [-0.15, -0.1) is 11.3 Å². The maximum absolute atomic E-state index is 3.71. The lowest BCUT2D eigenvalue weighted by molar-refractivity contribution is 0.416. The highest BCUT2D eigenvalue weighted by Crippen LogP contribution is 2.35. The third kappa shape index (κ3) is 3.75. The molecule has 0 saturated heterocycles. The lowest BCUT2D eigenvalue weighted by atomic mass is 9.79. The number of rotatable bonds is 6. The van der Waals surface area contributed by atoms with Crippen LogP contribution in [0, 0.1) is 0 Å². The van der Waals surface area contributed by atoms with Gasteiger partial charge < -0.3 is 5.32 Å². The number of benzene rings is 1. The first-order chi connectivity index (χ1) is 10.4. The second-order valence-electron chi connectivity index (χ2n) is 6.06.